The number of aromatic nitrogens is 2. The summed E-state index contributed by atoms with van der Waals surface area (Å²) in [6.07, 6.45) is -0.0838. The maximum Gasteiger partial charge on any atom is 0.303 e. The van der Waals surface area contributed by atoms with E-state index in [2.05, 4.69) is 4.98 Å². The van der Waals surface area contributed by atoms with Gasteiger partial charge in [0.05, 0.1) is 24.0 Å². The van der Waals surface area contributed by atoms with Crippen molar-refractivity contribution in [2.45, 2.75) is 19.4 Å². The summed E-state index contributed by atoms with van der Waals surface area (Å²) >= 11 is 0. The maximum atomic E-state index is 13.1. The molecule has 0 aliphatic rings. The number of fused-ring (bicyclic) bond motifs is 1. The van der Waals surface area contributed by atoms with Gasteiger partial charge in [-0.3, -0.25) is 9.59 Å². The second-order valence-corrected chi connectivity index (χ2v) is 5.46. The Balaban J connectivity index is 2.09. The Kier molecular flexibility index (Phi) is 4.37. The van der Waals surface area contributed by atoms with Gasteiger partial charge in [0.2, 0.25) is 0 Å². The number of halogens is 1. The van der Waals surface area contributed by atoms with E-state index in [4.69, 9.17) is 5.11 Å². The lowest BCUT2D eigenvalue weighted by atomic mass is 10.2. The highest BCUT2D eigenvalue weighted by molar-refractivity contribution is 5.75. The monoisotopic (exact) mass is 326 g/mol. The van der Waals surface area contributed by atoms with Crippen LogP contribution >= 0.6 is 0 Å². The van der Waals surface area contributed by atoms with Gasteiger partial charge in [-0.25, -0.2) is 9.37 Å². The van der Waals surface area contributed by atoms with Crippen molar-refractivity contribution in [1.82, 2.24) is 9.55 Å². The molecule has 0 radical (unpaired) electrons. The van der Waals surface area contributed by atoms with Crippen LogP contribution in [-0.2, 0) is 17.8 Å². The zero-order valence-corrected chi connectivity index (χ0v) is 12.8. The van der Waals surface area contributed by atoms with Crippen molar-refractivity contribution >= 4 is 17.0 Å². The highest BCUT2D eigenvalue weighted by Gasteiger charge is 2.12. The summed E-state index contributed by atoms with van der Waals surface area (Å²) in [5, 5.41) is 8.84. The number of hydrogen-bond acceptors (Lipinski definition) is 3. The number of hydrogen-bond donors (Lipinski definition) is 1. The minimum Gasteiger partial charge on any atom is -0.481 e. The topological polar surface area (TPSA) is 72.2 Å². The fourth-order valence-corrected chi connectivity index (χ4v) is 2.56. The second kappa shape index (κ2) is 6.62. The predicted octanol–water partition coefficient (Wildman–Crippen LogP) is 2.60. The normalized spacial score (nSPS) is 10.9. The number of para-hydroxylation sites is 2. The fourth-order valence-electron chi connectivity index (χ4n) is 2.56. The Morgan fingerprint density at radius 2 is 1.83 bits per heavy atom. The molecule has 0 spiro atoms. The van der Waals surface area contributed by atoms with Crippen LogP contribution in [0.5, 0.6) is 0 Å². The van der Waals surface area contributed by atoms with E-state index >= 15 is 0 Å². The lowest BCUT2D eigenvalue weighted by Crippen LogP contribution is -2.26. The number of aryl methyl sites for hydroxylation is 1. The van der Waals surface area contributed by atoms with E-state index in [0.717, 1.165) is 5.56 Å². The van der Waals surface area contributed by atoms with Crippen molar-refractivity contribution in [2.24, 2.45) is 0 Å². The van der Waals surface area contributed by atoms with Gasteiger partial charge in [-0.1, -0.05) is 24.3 Å². The first-order chi connectivity index (χ1) is 11.5. The molecule has 24 heavy (non-hydrogen) atoms. The molecule has 0 bridgehead atoms. The van der Waals surface area contributed by atoms with Gasteiger partial charge >= 0.3 is 5.97 Å². The van der Waals surface area contributed by atoms with Gasteiger partial charge in [-0.05, 0) is 29.8 Å². The van der Waals surface area contributed by atoms with Gasteiger partial charge in [-0.2, -0.15) is 0 Å². The Morgan fingerprint density at radius 1 is 1.12 bits per heavy atom. The minimum absolute atomic E-state index is 0.0718. The molecule has 0 unspecified atom stereocenters. The molecule has 6 heteroatoms. The summed E-state index contributed by atoms with van der Waals surface area (Å²) in [7, 11) is 0. The van der Waals surface area contributed by atoms with Crippen molar-refractivity contribution in [2.75, 3.05) is 0 Å². The SMILES string of the molecule is O=C(O)CCc1nc2ccccc2n(Cc2ccc(F)cc2)c1=O. The van der Waals surface area contributed by atoms with E-state index in [0.29, 0.717) is 11.0 Å². The number of benzene rings is 2. The van der Waals surface area contributed by atoms with Crippen molar-refractivity contribution in [1.29, 1.82) is 0 Å². The van der Waals surface area contributed by atoms with Crippen LogP contribution in [0.25, 0.3) is 11.0 Å². The number of nitrogens with zero attached hydrogens (tertiary/aromatic N) is 2. The average molecular weight is 326 g/mol. The van der Waals surface area contributed by atoms with Crippen LogP contribution < -0.4 is 5.56 Å². The Bertz CT molecular complexity index is 949. The Hall–Kier alpha value is -3.02. The fraction of sp³-hybridized carbons (Fsp3) is 0.167. The van der Waals surface area contributed by atoms with Gasteiger partial charge in [-0.15, -0.1) is 0 Å². The van der Waals surface area contributed by atoms with Gasteiger partial charge < -0.3 is 9.67 Å². The molecule has 5 nitrogen and oxygen atoms in total. The molecule has 3 aromatic rings. The van der Waals surface area contributed by atoms with Crippen molar-refractivity contribution in [3.05, 3.63) is 76.0 Å². The summed E-state index contributed by atoms with van der Waals surface area (Å²) < 4.78 is 14.6. The first kappa shape index (κ1) is 15.9. The smallest absolute Gasteiger partial charge is 0.303 e. The molecule has 0 aliphatic heterocycles. The molecular weight excluding hydrogens is 311 g/mol. The van der Waals surface area contributed by atoms with Crippen LogP contribution in [0.15, 0.2) is 53.3 Å². The molecule has 0 saturated heterocycles. The van der Waals surface area contributed by atoms with E-state index in [9.17, 15) is 14.0 Å². The third-order valence-electron chi connectivity index (χ3n) is 3.75. The predicted molar refractivity (Wildman–Crippen MR) is 87.5 cm³/mol. The largest absolute Gasteiger partial charge is 0.481 e. The zero-order valence-electron chi connectivity index (χ0n) is 12.8. The molecule has 1 N–H and O–H groups in total. The first-order valence-electron chi connectivity index (χ1n) is 7.49. The van der Waals surface area contributed by atoms with Crippen LogP contribution in [0.1, 0.15) is 17.7 Å². The van der Waals surface area contributed by atoms with Crippen molar-refractivity contribution in [3.63, 3.8) is 0 Å². The summed E-state index contributed by atoms with van der Waals surface area (Å²) in [5.41, 5.74) is 1.96. The molecule has 0 aliphatic carbocycles. The van der Waals surface area contributed by atoms with Crippen LogP contribution in [-0.4, -0.2) is 20.6 Å². The van der Waals surface area contributed by atoms with E-state index in [1.807, 2.05) is 12.1 Å². The van der Waals surface area contributed by atoms with E-state index in [-0.39, 0.29) is 36.5 Å². The number of aliphatic carboxylic acids is 1. The van der Waals surface area contributed by atoms with Crippen LogP contribution in [0.2, 0.25) is 0 Å². The quantitative estimate of drug-likeness (QED) is 0.782. The standard InChI is InChI=1S/C18H15FN2O3/c19-13-7-5-12(6-8-13)11-21-16-4-2-1-3-14(16)20-15(18(21)24)9-10-17(22)23/h1-8H,9-11H2,(H,22,23). The lowest BCUT2D eigenvalue weighted by molar-refractivity contribution is -0.136. The summed E-state index contributed by atoms with van der Waals surface area (Å²) in [6.45, 7) is 0.266. The molecule has 0 atom stereocenters. The van der Waals surface area contributed by atoms with Crippen molar-refractivity contribution in [3.8, 4) is 0 Å². The minimum atomic E-state index is -0.977. The number of rotatable bonds is 5. The van der Waals surface area contributed by atoms with E-state index < -0.39 is 5.97 Å². The van der Waals surface area contributed by atoms with Crippen LogP contribution in [0, 0.1) is 5.82 Å². The molecule has 0 amide bonds. The maximum absolute atomic E-state index is 13.1. The third-order valence-corrected chi connectivity index (χ3v) is 3.75. The number of carboxylic acids is 1. The number of carboxylic acid groups (broad SMARTS) is 1. The van der Waals surface area contributed by atoms with Gasteiger partial charge in [0, 0.05) is 6.42 Å². The Labute approximate surface area is 137 Å². The molecule has 1 heterocycles. The van der Waals surface area contributed by atoms with Gasteiger partial charge in [0.1, 0.15) is 11.5 Å². The zero-order chi connectivity index (χ0) is 17.1. The molecule has 0 fully saturated rings. The highest BCUT2D eigenvalue weighted by Crippen LogP contribution is 2.13. The van der Waals surface area contributed by atoms with Gasteiger partial charge in [0.25, 0.3) is 5.56 Å². The summed E-state index contributed by atoms with van der Waals surface area (Å²) in [6, 6.07) is 13.1. The summed E-state index contributed by atoms with van der Waals surface area (Å²) in [4.78, 5) is 27.8. The first-order valence-corrected chi connectivity index (χ1v) is 7.49. The second-order valence-electron chi connectivity index (χ2n) is 5.46. The molecule has 122 valence electrons. The van der Waals surface area contributed by atoms with E-state index in [1.54, 1.807) is 28.8 Å². The molecule has 3 rings (SSSR count). The van der Waals surface area contributed by atoms with Gasteiger partial charge in [0.15, 0.2) is 0 Å². The highest BCUT2D eigenvalue weighted by atomic mass is 19.1. The van der Waals surface area contributed by atoms with Crippen LogP contribution in [0.4, 0.5) is 4.39 Å². The molecule has 0 saturated carbocycles. The Morgan fingerprint density at radius 3 is 2.54 bits per heavy atom. The molecule has 1 aromatic heterocycles. The number of carbonyl (C=O) groups is 1. The van der Waals surface area contributed by atoms with Crippen molar-refractivity contribution < 1.29 is 14.3 Å². The summed E-state index contributed by atoms with van der Waals surface area (Å²) in [5.74, 6) is -1.32. The average Bonchev–Trinajstić information content (AvgIpc) is 2.57. The lowest BCUT2D eigenvalue weighted by Gasteiger charge is -2.12. The molecular formula is C18H15FN2O3. The van der Waals surface area contributed by atoms with Crippen LogP contribution in [0.3, 0.4) is 0 Å². The third kappa shape index (κ3) is 3.32. The van der Waals surface area contributed by atoms with E-state index in [1.165, 1.54) is 12.1 Å². The molecule has 2 aromatic carbocycles.